The van der Waals surface area contributed by atoms with Gasteiger partial charge in [0.2, 0.25) is 10.0 Å². The normalized spacial score (nSPS) is 13.8. The van der Waals surface area contributed by atoms with E-state index in [1.165, 1.54) is 12.1 Å². The Labute approximate surface area is 178 Å². The molecule has 3 rings (SSSR count). The summed E-state index contributed by atoms with van der Waals surface area (Å²) in [6, 6.07) is 9.54. The first-order valence-corrected chi connectivity index (χ1v) is 11.3. The molecule has 2 aromatic carbocycles. The van der Waals surface area contributed by atoms with Crippen LogP contribution in [0.1, 0.15) is 34.3 Å². The lowest BCUT2D eigenvalue weighted by Gasteiger charge is -2.11. The van der Waals surface area contributed by atoms with Crippen LogP contribution in [-0.2, 0) is 19.6 Å². The number of amides is 1. The SMILES string of the molecule is Cc1cc(NC(=O)COC(=O)c2cc(S(=O)(=O)NC3CC3)ccc2C)ccc1Br. The predicted octanol–water partition coefficient (Wildman–Crippen LogP) is 3.30. The number of carbonyl (C=O) groups excluding carboxylic acids is 2. The number of aryl methyl sites for hydroxylation is 2. The first-order chi connectivity index (χ1) is 13.7. The summed E-state index contributed by atoms with van der Waals surface area (Å²) in [5, 5.41) is 2.65. The van der Waals surface area contributed by atoms with E-state index in [1.807, 2.05) is 13.0 Å². The van der Waals surface area contributed by atoms with Gasteiger partial charge in [-0.15, -0.1) is 0 Å². The van der Waals surface area contributed by atoms with E-state index in [0.29, 0.717) is 11.3 Å². The van der Waals surface area contributed by atoms with Gasteiger partial charge in [0.1, 0.15) is 0 Å². The molecular formula is C20H21BrN2O5S. The second-order valence-electron chi connectivity index (χ2n) is 6.96. The summed E-state index contributed by atoms with van der Waals surface area (Å²) in [4.78, 5) is 24.5. The fraction of sp³-hybridized carbons (Fsp3) is 0.300. The highest BCUT2D eigenvalue weighted by Gasteiger charge is 2.28. The number of ether oxygens (including phenoxy) is 1. The van der Waals surface area contributed by atoms with Crippen LogP contribution in [0.2, 0.25) is 0 Å². The average molecular weight is 481 g/mol. The highest BCUT2D eigenvalue weighted by atomic mass is 79.9. The number of hydrogen-bond acceptors (Lipinski definition) is 5. The van der Waals surface area contributed by atoms with Crippen molar-refractivity contribution >= 4 is 43.5 Å². The zero-order valence-corrected chi connectivity index (χ0v) is 18.4. The zero-order valence-electron chi connectivity index (χ0n) is 16.0. The van der Waals surface area contributed by atoms with Crippen LogP contribution in [0.3, 0.4) is 0 Å². The van der Waals surface area contributed by atoms with Crippen LogP contribution in [-0.4, -0.2) is 32.9 Å². The smallest absolute Gasteiger partial charge is 0.338 e. The summed E-state index contributed by atoms with van der Waals surface area (Å²) in [7, 11) is -3.69. The number of anilines is 1. The number of hydrogen-bond donors (Lipinski definition) is 2. The predicted molar refractivity (Wildman–Crippen MR) is 112 cm³/mol. The number of sulfonamides is 1. The number of benzene rings is 2. The minimum Gasteiger partial charge on any atom is -0.452 e. The third kappa shape index (κ3) is 5.65. The first-order valence-electron chi connectivity index (χ1n) is 9.02. The van der Waals surface area contributed by atoms with E-state index in [2.05, 4.69) is 26.0 Å². The molecule has 0 saturated heterocycles. The number of nitrogens with one attached hydrogen (secondary N) is 2. The Morgan fingerprint density at radius 1 is 1.10 bits per heavy atom. The van der Waals surface area contributed by atoms with Gasteiger partial charge in [0.05, 0.1) is 10.5 Å². The van der Waals surface area contributed by atoms with Crippen LogP contribution in [0, 0.1) is 13.8 Å². The Bertz CT molecular complexity index is 1060. The van der Waals surface area contributed by atoms with Gasteiger partial charge in [0.15, 0.2) is 6.61 Å². The maximum atomic E-state index is 12.4. The molecule has 2 N–H and O–H groups in total. The van der Waals surface area contributed by atoms with Gasteiger partial charge in [0.25, 0.3) is 5.91 Å². The van der Waals surface area contributed by atoms with E-state index in [9.17, 15) is 18.0 Å². The molecule has 9 heteroatoms. The molecule has 7 nitrogen and oxygen atoms in total. The van der Waals surface area contributed by atoms with Crippen molar-refractivity contribution < 1.29 is 22.7 Å². The molecule has 0 aromatic heterocycles. The molecule has 2 aromatic rings. The quantitative estimate of drug-likeness (QED) is 0.591. The molecule has 0 aliphatic heterocycles. The van der Waals surface area contributed by atoms with Crippen LogP contribution in [0.4, 0.5) is 5.69 Å². The molecule has 0 unspecified atom stereocenters. The van der Waals surface area contributed by atoms with Crippen LogP contribution in [0.5, 0.6) is 0 Å². The summed E-state index contributed by atoms with van der Waals surface area (Å²) in [6.07, 6.45) is 1.62. The summed E-state index contributed by atoms with van der Waals surface area (Å²) >= 11 is 3.38. The van der Waals surface area contributed by atoms with Crippen LogP contribution in [0.15, 0.2) is 45.8 Å². The van der Waals surface area contributed by atoms with Gasteiger partial charge in [-0.2, -0.15) is 0 Å². The van der Waals surface area contributed by atoms with Gasteiger partial charge in [-0.05, 0) is 68.1 Å². The van der Waals surface area contributed by atoms with Crippen molar-refractivity contribution in [2.24, 2.45) is 0 Å². The zero-order chi connectivity index (χ0) is 21.2. The molecule has 1 amide bonds. The molecule has 0 spiro atoms. The van der Waals surface area contributed by atoms with E-state index in [-0.39, 0.29) is 16.5 Å². The minimum atomic E-state index is -3.69. The Hall–Kier alpha value is -2.23. The van der Waals surface area contributed by atoms with E-state index >= 15 is 0 Å². The Kier molecular flexibility index (Phi) is 6.40. The Balaban J connectivity index is 1.64. The van der Waals surface area contributed by atoms with Crippen molar-refractivity contribution in [1.82, 2.24) is 4.72 Å². The summed E-state index contributed by atoms with van der Waals surface area (Å²) in [5.74, 6) is -1.25. The van der Waals surface area contributed by atoms with Gasteiger partial charge < -0.3 is 10.1 Å². The monoisotopic (exact) mass is 480 g/mol. The van der Waals surface area contributed by atoms with Gasteiger partial charge >= 0.3 is 5.97 Å². The molecule has 29 heavy (non-hydrogen) atoms. The second kappa shape index (κ2) is 8.64. The fourth-order valence-electron chi connectivity index (χ4n) is 2.61. The molecule has 154 valence electrons. The van der Waals surface area contributed by atoms with Crippen LogP contribution < -0.4 is 10.0 Å². The lowest BCUT2D eigenvalue weighted by atomic mass is 10.1. The fourth-order valence-corrected chi connectivity index (χ4v) is 4.18. The van der Waals surface area contributed by atoms with Crippen molar-refractivity contribution in [2.45, 2.75) is 37.6 Å². The summed E-state index contributed by atoms with van der Waals surface area (Å²) < 4.78 is 33.3. The van der Waals surface area contributed by atoms with Crippen molar-refractivity contribution in [3.05, 3.63) is 57.6 Å². The minimum absolute atomic E-state index is 0.00302. The van der Waals surface area contributed by atoms with E-state index in [1.54, 1.807) is 25.1 Å². The summed E-state index contributed by atoms with van der Waals surface area (Å²) in [6.45, 7) is 3.08. The number of rotatable bonds is 7. The highest BCUT2D eigenvalue weighted by Crippen LogP contribution is 2.24. The Morgan fingerprint density at radius 3 is 2.48 bits per heavy atom. The van der Waals surface area contributed by atoms with Crippen molar-refractivity contribution in [3.8, 4) is 0 Å². The standard InChI is InChI=1S/C20H21BrN2O5S/c1-12-3-7-16(29(26,27)23-14-4-5-14)10-17(12)20(25)28-11-19(24)22-15-6-8-18(21)13(2)9-15/h3,6-10,14,23H,4-5,11H2,1-2H3,(H,22,24). The molecule has 1 aliphatic rings. The van der Waals surface area contributed by atoms with Crippen molar-refractivity contribution in [2.75, 3.05) is 11.9 Å². The number of carbonyl (C=O) groups is 2. The largest absolute Gasteiger partial charge is 0.452 e. The molecule has 0 radical (unpaired) electrons. The Morgan fingerprint density at radius 2 is 1.83 bits per heavy atom. The van der Waals surface area contributed by atoms with Crippen LogP contribution in [0.25, 0.3) is 0 Å². The molecule has 1 fully saturated rings. The summed E-state index contributed by atoms with van der Waals surface area (Å²) in [5.41, 5.74) is 2.20. The topological polar surface area (TPSA) is 102 Å². The molecular weight excluding hydrogens is 460 g/mol. The third-order valence-corrected chi connectivity index (χ3v) is 6.82. The van der Waals surface area contributed by atoms with Gasteiger partial charge in [-0.25, -0.2) is 17.9 Å². The molecule has 0 heterocycles. The maximum Gasteiger partial charge on any atom is 0.338 e. The van der Waals surface area contributed by atoms with Gasteiger partial charge in [-0.3, -0.25) is 4.79 Å². The molecule has 0 atom stereocenters. The van der Waals surface area contributed by atoms with Crippen molar-refractivity contribution in [3.63, 3.8) is 0 Å². The number of halogens is 1. The highest BCUT2D eigenvalue weighted by molar-refractivity contribution is 9.10. The lowest BCUT2D eigenvalue weighted by molar-refractivity contribution is -0.119. The van der Waals surface area contributed by atoms with Crippen molar-refractivity contribution in [1.29, 1.82) is 0 Å². The van der Waals surface area contributed by atoms with Crippen LogP contribution >= 0.6 is 15.9 Å². The van der Waals surface area contributed by atoms with E-state index in [0.717, 1.165) is 22.9 Å². The number of esters is 1. The maximum absolute atomic E-state index is 12.4. The molecule has 1 aliphatic carbocycles. The third-order valence-electron chi connectivity index (χ3n) is 4.41. The molecule has 1 saturated carbocycles. The van der Waals surface area contributed by atoms with Gasteiger partial charge in [-0.1, -0.05) is 22.0 Å². The average Bonchev–Trinajstić information content (AvgIpc) is 3.46. The van der Waals surface area contributed by atoms with Gasteiger partial charge in [0, 0.05) is 16.2 Å². The first kappa shape index (κ1) is 21.5. The lowest BCUT2D eigenvalue weighted by Crippen LogP contribution is -2.26. The molecule has 0 bridgehead atoms. The van der Waals surface area contributed by atoms with E-state index in [4.69, 9.17) is 4.74 Å². The second-order valence-corrected chi connectivity index (χ2v) is 9.53. The van der Waals surface area contributed by atoms with E-state index < -0.39 is 28.5 Å².